The zero-order chi connectivity index (χ0) is 14.0. The Hall–Kier alpha value is -0.680. The zero-order valence-electron chi connectivity index (χ0n) is 11.3. The molecule has 2 N–H and O–H groups in total. The summed E-state index contributed by atoms with van der Waals surface area (Å²) in [6, 6.07) is 5.23. The van der Waals surface area contributed by atoms with Crippen LogP contribution in [0.3, 0.4) is 0 Å². The van der Waals surface area contributed by atoms with E-state index in [0.29, 0.717) is 19.2 Å². The maximum atomic E-state index is 13.3. The molecule has 106 valence electrons. The smallest absolute Gasteiger partial charge is 0.141 e. The molecule has 2 atom stereocenters. The van der Waals surface area contributed by atoms with Crippen molar-refractivity contribution in [2.45, 2.75) is 32.0 Å². The van der Waals surface area contributed by atoms with Crippen molar-refractivity contribution in [1.29, 1.82) is 0 Å². The molecule has 1 aliphatic heterocycles. The third-order valence-corrected chi connectivity index (χ3v) is 3.86. The molecule has 0 radical (unpaired) electrons. The van der Waals surface area contributed by atoms with E-state index in [2.05, 4.69) is 18.7 Å². The van der Waals surface area contributed by atoms with Crippen LogP contribution in [0, 0.1) is 5.82 Å². The van der Waals surface area contributed by atoms with Crippen LogP contribution in [0.15, 0.2) is 18.2 Å². The number of rotatable bonds is 3. The molecule has 1 aromatic carbocycles. The van der Waals surface area contributed by atoms with Crippen LogP contribution in [0.4, 0.5) is 4.39 Å². The summed E-state index contributed by atoms with van der Waals surface area (Å²) in [7, 11) is 0. The van der Waals surface area contributed by atoms with Gasteiger partial charge in [0.05, 0.1) is 23.8 Å². The van der Waals surface area contributed by atoms with Gasteiger partial charge >= 0.3 is 0 Å². The molecule has 1 aromatic rings. The first kappa shape index (κ1) is 14.7. The summed E-state index contributed by atoms with van der Waals surface area (Å²) in [6.45, 7) is 6.22. The monoisotopic (exact) mass is 286 g/mol. The maximum Gasteiger partial charge on any atom is 0.141 e. The summed E-state index contributed by atoms with van der Waals surface area (Å²) < 4.78 is 19.0. The first-order chi connectivity index (χ1) is 9.04. The van der Waals surface area contributed by atoms with Crippen molar-refractivity contribution in [2.24, 2.45) is 5.73 Å². The molecule has 2 rings (SSSR count). The van der Waals surface area contributed by atoms with E-state index in [1.807, 2.05) is 0 Å². The fourth-order valence-electron chi connectivity index (χ4n) is 2.63. The minimum absolute atomic E-state index is 0.0249. The first-order valence-electron chi connectivity index (χ1n) is 6.57. The Morgan fingerprint density at radius 3 is 2.84 bits per heavy atom. The molecule has 0 aliphatic carbocycles. The Labute approximate surface area is 118 Å². The number of halogens is 2. The second-order valence-electron chi connectivity index (χ2n) is 5.09. The van der Waals surface area contributed by atoms with Gasteiger partial charge in [-0.15, -0.1) is 0 Å². The Morgan fingerprint density at radius 1 is 1.53 bits per heavy atom. The number of benzene rings is 1. The van der Waals surface area contributed by atoms with Gasteiger partial charge in [0.25, 0.3) is 0 Å². The lowest BCUT2D eigenvalue weighted by molar-refractivity contribution is -0.0789. The largest absolute Gasteiger partial charge is 0.374 e. The van der Waals surface area contributed by atoms with Crippen LogP contribution < -0.4 is 5.73 Å². The average Bonchev–Trinajstić information content (AvgIpc) is 2.41. The van der Waals surface area contributed by atoms with Crippen molar-refractivity contribution in [3.8, 4) is 0 Å². The van der Waals surface area contributed by atoms with E-state index < -0.39 is 5.82 Å². The van der Waals surface area contributed by atoms with Crippen LogP contribution in [0.5, 0.6) is 0 Å². The van der Waals surface area contributed by atoms with E-state index in [-0.39, 0.29) is 17.2 Å². The Bertz CT molecular complexity index is 441. The number of ether oxygens (including phenoxy) is 1. The molecule has 0 amide bonds. The Morgan fingerprint density at radius 2 is 2.26 bits per heavy atom. The molecule has 0 spiro atoms. The molecule has 0 bridgehead atoms. The second kappa shape index (κ2) is 6.18. The SMILES string of the molecule is CC(C)N1CCOC(CN)C1c1ccc(F)c(Cl)c1. The highest BCUT2D eigenvalue weighted by molar-refractivity contribution is 6.30. The molecule has 1 fully saturated rings. The molecule has 3 nitrogen and oxygen atoms in total. The van der Waals surface area contributed by atoms with Crippen molar-refractivity contribution in [2.75, 3.05) is 19.7 Å². The highest BCUT2D eigenvalue weighted by Gasteiger charge is 2.34. The fraction of sp³-hybridized carbons (Fsp3) is 0.571. The Kier molecular flexibility index (Phi) is 4.79. The molecule has 19 heavy (non-hydrogen) atoms. The van der Waals surface area contributed by atoms with Gasteiger partial charge in [-0.2, -0.15) is 0 Å². The summed E-state index contributed by atoms with van der Waals surface area (Å²) >= 11 is 5.89. The molecule has 0 aromatic heterocycles. The normalized spacial score (nSPS) is 24.9. The van der Waals surface area contributed by atoms with E-state index >= 15 is 0 Å². The standard InChI is InChI=1S/C14H20ClFN2O/c1-9(2)18-5-6-19-13(8-17)14(18)10-3-4-12(16)11(15)7-10/h3-4,7,9,13-14H,5-6,8,17H2,1-2H3. The van der Waals surface area contributed by atoms with Crippen LogP contribution >= 0.6 is 11.6 Å². The van der Waals surface area contributed by atoms with E-state index in [9.17, 15) is 4.39 Å². The van der Waals surface area contributed by atoms with Gasteiger partial charge in [0.2, 0.25) is 0 Å². The van der Waals surface area contributed by atoms with Gasteiger partial charge in [0.1, 0.15) is 5.82 Å². The summed E-state index contributed by atoms with van der Waals surface area (Å²) in [5.74, 6) is -0.400. The molecular formula is C14H20ClFN2O. The lowest BCUT2D eigenvalue weighted by atomic mass is 9.96. The van der Waals surface area contributed by atoms with Gasteiger partial charge < -0.3 is 10.5 Å². The number of hydrogen-bond acceptors (Lipinski definition) is 3. The summed E-state index contributed by atoms with van der Waals surface area (Å²) in [5.41, 5.74) is 6.76. The minimum Gasteiger partial charge on any atom is -0.374 e. The lowest BCUT2D eigenvalue weighted by Crippen LogP contribution is -2.50. The van der Waals surface area contributed by atoms with Crippen LogP contribution in [-0.4, -0.2) is 36.7 Å². The minimum atomic E-state index is -0.400. The van der Waals surface area contributed by atoms with Gasteiger partial charge in [-0.25, -0.2) is 4.39 Å². The predicted octanol–water partition coefficient (Wildman–Crippen LogP) is 2.59. The lowest BCUT2D eigenvalue weighted by Gasteiger charge is -2.43. The molecule has 0 saturated carbocycles. The summed E-state index contributed by atoms with van der Waals surface area (Å²) in [5, 5.41) is 0.141. The maximum absolute atomic E-state index is 13.3. The molecule has 2 unspecified atom stereocenters. The van der Waals surface area contributed by atoms with E-state index in [4.69, 9.17) is 22.1 Å². The summed E-state index contributed by atoms with van der Waals surface area (Å²) in [4.78, 5) is 2.32. The molecule has 1 heterocycles. The molecule has 1 saturated heterocycles. The predicted molar refractivity (Wildman–Crippen MR) is 74.8 cm³/mol. The molecule has 1 aliphatic rings. The second-order valence-corrected chi connectivity index (χ2v) is 5.50. The highest BCUT2D eigenvalue weighted by Crippen LogP contribution is 2.32. The van der Waals surface area contributed by atoms with Gasteiger partial charge in [-0.3, -0.25) is 4.90 Å². The highest BCUT2D eigenvalue weighted by atomic mass is 35.5. The van der Waals surface area contributed by atoms with E-state index in [1.165, 1.54) is 6.07 Å². The van der Waals surface area contributed by atoms with Gasteiger partial charge in [-0.05, 0) is 31.5 Å². The third kappa shape index (κ3) is 3.08. The molecular weight excluding hydrogens is 267 g/mol. The van der Waals surface area contributed by atoms with Crippen molar-refractivity contribution >= 4 is 11.6 Å². The van der Waals surface area contributed by atoms with Crippen LogP contribution in [0.25, 0.3) is 0 Å². The number of nitrogens with two attached hydrogens (primary N) is 1. The van der Waals surface area contributed by atoms with E-state index in [1.54, 1.807) is 12.1 Å². The zero-order valence-corrected chi connectivity index (χ0v) is 12.0. The van der Waals surface area contributed by atoms with Crippen molar-refractivity contribution < 1.29 is 9.13 Å². The van der Waals surface area contributed by atoms with Crippen molar-refractivity contribution in [3.05, 3.63) is 34.6 Å². The van der Waals surface area contributed by atoms with Crippen LogP contribution in [-0.2, 0) is 4.74 Å². The molecule has 5 heteroatoms. The fourth-order valence-corrected chi connectivity index (χ4v) is 2.82. The van der Waals surface area contributed by atoms with Crippen LogP contribution in [0.2, 0.25) is 5.02 Å². The average molecular weight is 287 g/mol. The first-order valence-corrected chi connectivity index (χ1v) is 6.94. The number of morpholine rings is 1. The number of hydrogen-bond donors (Lipinski definition) is 1. The van der Waals surface area contributed by atoms with Crippen molar-refractivity contribution in [3.63, 3.8) is 0 Å². The Balaban J connectivity index is 2.36. The summed E-state index contributed by atoms with van der Waals surface area (Å²) in [6.07, 6.45) is -0.0855. The van der Waals surface area contributed by atoms with Crippen LogP contribution in [0.1, 0.15) is 25.5 Å². The van der Waals surface area contributed by atoms with E-state index in [0.717, 1.165) is 12.1 Å². The van der Waals surface area contributed by atoms with Gasteiger partial charge in [-0.1, -0.05) is 17.7 Å². The quantitative estimate of drug-likeness (QED) is 0.928. The third-order valence-electron chi connectivity index (χ3n) is 3.57. The van der Waals surface area contributed by atoms with Gasteiger partial charge in [0, 0.05) is 19.1 Å². The number of nitrogens with zero attached hydrogens (tertiary/aromatic N) is 1. The van der Waals surface area contributed by atoms with Gasteiger partial charge in [0.15, 0.2) is 0 Å². The topological polar surface area (TPSA) is 38.5 Å². The van der Waals surface area contributed by atoms with Crippen molar-refractivity contribution in [1.82, 2.24) is 4.90 Å².